The summed E-state index contributed by atoms with van der Waals surface area (Å²) in [6.45, 7) is 13.6. The first-order valence-electron chi connectivity index (χ1n) is 13.9. The van der Waals surface area contributed by atoms with E-state index in [0.717, 1.165) is 37.0 Å². The highest BCUT2D eigenvalue weighted by Gasteiger charge is 2.70. The van der Waals surface area contributed by atoms with Crippen LogP contribution in [0.3, 0.4) is 0 Å². The molecule has 0 amide bonds. The lowest BCUT2D eigenvalue weighted by atomic mass is 9.44. The van der Waals surface area contributed by atoms with Crippen molar-refractivity contribution in [3.63, 3.8) is 0 Å². The molecule has 0 radical (unpaired) electrons. The molecule has 0 bridgehead atoms. The third-order valence-electron chi connectivity index (χ3n) is 11.1. The van der Waals surface area contributed by atoms with E-state index in [0.29, 0.717) is 29.5 Å². The number of carbonyl (C=O) groups excluding carboxylic acids is 2. The molecule has 3 unspecified atom stereocenters. The zero-order valence-electron chi connectivity index (χ0n) is 22.2. The Morgan fingerprint density at radius 1 is 1.06 bits per heavy atom. The van der Waals surface area contributed by atoms with Crippen LogP contribution in [0.2, 0.25) is 0 Å². The van der Waals surface area contributed by atoms with Gasteiger partial charge in [-0.3, -0.25) is 9.59 Å². The Balaban J connectivity index is 1.57. The molecule has 0 spiro atoms. The van der Waals surface area contributed by atoms with E-state index in [9.17, 15) is 9.59 Å². The van der Waals surface area contributed by atoms with Gasteiger partial charge < -0.3 is 4.74 Å². The van der Waals surface area contributed by atoms with Crippen molar-refractivity contribution in [3.8, 4) is 0 Å². The van der Waals surface area contributed by atoms with Crippen molar-refractivity contribution in [3.05, 3.63) is 0 Å². The molecule has 10 atom stereocenters. The molecule has 194 valence electrons. The van der Waals surface area contributed by atoms with Crippen molar-refractivity contribution in [2.45, 2.75) is 121 Å². The number of ether oxygens (including phenoxy) is 1. The van der Waals surface area contributed by atoms with Gasteiger partial charge in [0.15, 0.2) is 5.78 Å². The van der Waals surface area contributed by atoms with Gasteiger partial charge in [-0.15, -0.1) is 0 Å². The number of hydrogen-bond acceptors (Lipinski definition) is 3. The number of fused-ring (bicyclic) bond motifs is 5. The van der Waals surface area contributed by atoms with E-state index in [1.54, 1.807) is 0 Å². The SMILES string of the molecule is CC(=O)OC1CC[C@]2(C)[C@H]3CC[C@]4(C)[C@@H]([C@H](C)CCCC(C)C)CC[C@H]4[C@@H]3C(=O)C(Br)C2(Br)C1. The van der Waals surface area contributed by atoms with Gasteiger partial charge in [-0.05, 0) is 78.9 Å². The molecule has 34 heavy (non-hydrogen) atoms. The van der Waals surface area contributed by atoms with E-state index < -0.39 is 0 Å². The van der Waals surface area contributed by atoms with Gasteiger partial charge in [0.2, 0.25) is 0 Å². The minimum absolute atomic E-state index is 0.0265. The Bertz CT molecular complexity index is 798. The minimum atomic E-state index is -0.355. The van der Waals surface area contributed by atoms with Crippen LogP contribution in [0.25, 0.3) is 0 Å². The number of esters is 1. The first kappa shape index (κ1) is 27.1. The Labute approximate surface area is 224 Å². The molecule has 4 aliphatic rings. The lowest BCUT2D eigenvalue weighted by Gasteiger charge is -2.65. The summed E-state index contributed by atoms with van der Waals surface area (Å²) in [5.41, 5.74) is 0.317. The fourth-order valence-corrected chi connectivity index (χ4v) is 11.3. The number of alkyl halides is 2. The van der Waals surface area contributed by atoms with Crippen molar-refractivity contribution in [2.75, 3.05) is 0 Å². The Kier molecular flexibility index (Phi) is 7.80. The highest BCUT2D eigenvalue weighted by Crippen LogP contribution is 2.71. The van der Waals surface area contributed by atoms with Crippen LogP contribution in [-0.2, 0) is 14.3 Å². The largest absolute Gasteiger partial charge is 0.463 e. The molecule has 0 aromatic heterocycles. The van der Waals surface area contributed by atoms with E-state index in [2.05, 4.69) is 66.5 Å². The summed E-state index contributed by atoms with van der Waals surface area (Å²) >= 11 is 8.04. The zero-order chi connectivity index (χ0) is 25.1. The highest BCUT2D eigenvalue weighted by molar-refractivity contribution is 9.12. The van der Waals surface area contributed by atoms with Crippen LogP contribution in [0, 0.1) is 46.3 Å². The molecule has 0 saturated heterocycles. The van der Waals surface area contributed by atoms with E-state index in [4.69, 9.17) is 4.74 Å². The average Bonchev–Trinajstić information content (AvgIpc) is 3.10. The summed E-state index contributed by atoms with van der Waals surface area (Å²) in [4.78, 5) is 25.5. The maximum absolute atomic E-state index is 14.1. The Morgan fingerprint density at radius 2 is 1.76 bits per heavy atom. The van der Waals surface area contributed by atoms with Gasteiger partial charge in [-0.2, -0.15) is 0 Å². The van der Waals surface area contributed by atoms with Crippen molar-refractivity contribution in [1.29, 1.82) is 0 Å². The smallest absolute Gasteiger partial charge is 0.302 e. The third kappa shape index (κ3) is 4.29. The second kappa shape index (κ2) is 9.76. The minimum Gasteiger partial charge on any atom is -0.463 e. The maximum Gasteiger partial charge on any atom is 0.302 e. The quantitative estimate of drug-likeness (QED) is 0.228. The lowest BCUT2D eigenvalue weighted by Crippen LogP contribution is -2.68. The molecule has 0 aliphatic heterocycles. The number of carbonyl (C=O) groups is 2. The van der Waals surface area contributed by atoms with Gasteiger partial charge in [0.1, 0.15) is 6.10 Å². The molecule has 4 saturated carbocycles. The molecule has 4 fully saturated rings. The van der Waals surface area contributed by atoms with Crippen LogP contribution in [-0.4, -0.2) is 27.0 Å². The van der Waals surface area contributed by atoms with Crippen molar-refractivity contribution >= 4 is 43.6 Å². The van der Waals surface area contributed by atoms with Gasteiger partial charge >= 0.3 is 5.97 Å². The maximum atomic E-state index is 14.1. The van der Waals surface area contributed by atoms with Gasteiger partial charge in [0, 0.05) is 19.3 Å². The lowest BCUT2D eigenvalue weighted by molar-refractivity contribution is -0.161. The average molecular weight is 602 g/mol. The van der Waals surface area contributed by atoms with Crippen LogP contribution >= 0.6 is 31.9 Å². The van der Waals surface area contributed by atoms with Gasteiger partial charge in [0.05, 0.1) is 9.15 Å². The second-order valence-electron chi connectivity index (χ2n) is 13.3. The highest BCUT2D eigenvalue weighted by atomic mass is 79.9. The zero-order valence-corrected chi connectivity index (χ0v) is 25.3. The van der Waals surface area contributed by atoms with Crippen LogP contribution in [0.1, 0.15) is 106 Å². The molecule has 0 heterocycles. The molecule has 5 heteroatoms. The summed E-state index contributed by atoms with van der Waals surface area (Å²) in [6, 6.07) is 0. The molecular weight excluding hydrogens is 556 g/mol. The number of hydrogen-bond donors (Lipinski definition) is 0. The number of ketones is 1. The first-order valence-corrected chi connectivity index (χ1v) is 15.6. The fourth-order valence-electron chi connectivity index (χ4n) is 9.23. The summed E-state index contributed by atoms with van der Waals surface area (Å²) in [5.74, 6) is 3.55. The number of Topliss-reactive ketones (excluding diaryl/α,β-unsaturated/α-hetero) is 1. The summed E-state index contributed by atoms with van der Waals surface area (Å²) < 4.78 is 5.29. The van der Waals surface area contributed by atoms with E-state index in [1.807, 2.05) is 0 Å². The number of halogens is 2. The van der Waals surface area contributed by atoms with Crippen molar-refractivity contribution in [1.82, 2.24) is 0 Å². The van der Waals surface area contributed by atoms with Crippen LogP contribution in [0.5, 0.6) is 0 Å². The third-order valence-corrected chi connectivity index (χ3v) is 14.6. The Hall–Kier alpha value is 0.1000. The van der Waals surface area contributed by atoms with E-state index in [-0.39, 0.29) is 32.6 Å². The van der Waals surface area contributed by atoms with Crippen LogP contribution in [0.4, 0.5) is 0 Å². The molecule has 4 aliphatic carbocycles. The van der Waals surface area contributed by atoms with Gasteiger partial charge in [-0.25, -0.2) is 0 Å². The summed E-state index contributed by atoms with van der Waals surface area (Å²) in [7, 11) is 0. The van der Waals surface area contributed by atoms with Crippen molar-refractivity contribution in [2.24, 2.45) is 46.3 Å². The van der Waals surface area contributed by atoms with E-state index >= 15 is 0 Å². The Morgan fingerprint density at radius 3 is 2.41 bits per heavy atom. The first-order chi connectivity index (χ1) is 15.8. The molecular formula is C29H46Br2O3. The fraction of sp³-hybridized carbons (Fsp3) is 0.931. The van der Waals surface area contributed by atoms with E-state index in [1.165, 1.54) is 45.4 Å². The van der Waals surface area contributed by atoms with Gasteiger partial charge in [0.25, 0.3) is 0 Å². The summed E-state index contributed by atoms with van der Waals surface area (Å²) in [5, 5.41) is 0. The molecule has 4 rings (SSSR count). The molecule has 0 aromatic rings. The molecule has 0 aromatic carbocycles. The van der Waals surface area contributed by atoms with Crippen LogP contribution in [0.15, 0.2) is 0 Å². The van der Waals surface area contributed by atoms with Crippen molar-refractivity contribution < 1.29 is 14.3 Å². The predicted molar refractivity (Wildman–Crippen MR) is 145 cm³/mol. The number of rotatable bonds is 6. The molecule has 3 nitrogen and oxygen atoms in total. The monoisotopic (exact) mass is 600 g/mol. The topological polar surface area (TPSA) is 43.4 Å². The normalized spacial score (nSPS) is 47.0. The molecule has 0 N–H and O–H groups in total. The van der Waals surface area contributed by atoms with Crippen LogP contribution < -0.4 is 0 Å². The van der Waals surface area contributed by atoms with Gasteiger partial charge in [-0.1, -0.05) is 85.7 Å². The summed E-state index contributed by atoms with van der Waals surface area (Å²) in [6.07, 6.45) is 11.4. The second-order valence-corrected chi connectivity index (χ2v) is 15.6. The predicted octanol–water partition coefficient (Wildman–Crippen LogP) is 8.11. The standard InChI is InChI=1S/C29H46Br2O3/c1-17(2)8-7-9-18(3)21-10-11-22-24-23(13-14-27(21,22)5)28(6)15-12-20(34-19(4)32)16-29(28,31)26(30)25(24)33/h17-18,20-24,26H,7-16H2,1-6H3/t18-,20?,21-,22+,23+,24+,26?,27-,28-,29?/m1/s1.